The molecule has 92 valence electrons. The van der Waals surface area contributed by atoms with Crippen LogP contribution in [-0.4, -0.2) is 27.9 Å². The molecule has 0 radical (unpaired) electrons. The summed E-state index contributed by atoms with van der Waals surface area (Å²) in [5.74, 6) is -0.407. The molecule has 7 heteroatoms. The van der Waals surface area contributed by atoms with Gasteiger partial charge in [0.1, 0.15) is 22.3 Å². The van der Waals surface area contributed by atoms with Crippen LogP contribution in [0.25, 0.3) is 0 Å². The molecule has 1 aromatic carbocycles. The third-order valence-electron chi connectivity index (χ3n) is 2.34. The van der Waals surface area contributed by atoms with Gasteiger partial charge in [-0.2, -0.15) is 0 Å². The number of sulfonamides is 1. The predicted octanol–water partition coefficient (Wildman–Crippen LogP) is 0.893. The second kappa shape index (κ2) is 3.99. The summed E-state index contributed by atoms with van der Waals surface area (Å²) in [4.78, 5) is 3.59. The molecule has 5 nitrogen and oxygen atoms in total. The molecule has 1 aliphatic heterocycles. The standard InChI is InChI=1S/C10H11FN2O3S/c1-3-12-10-8-7(16-2)5-4-6(11)9(8)17(14,15)13-10/h4-5H,3H2,1-2H3,(H,12,13). The van der Waals surface area contributed by atoms with E-state index in [1.54, 1.807) is 6.92 Å². The number of rotatable bonds is 2. The Labute approximate surface area is 98.4 Å². The minimum absolute atomic E-state index is 0.124. The lowest BCUT2D eigenvalue weighted by atomic mass is 10.1. The van der Waals surface area contributed by atoms with Crippen molar-refractivity contribution >= 4 is 15.9 Å². The Kier molecular flexibility index (Phi) is 2.78. The first-order valence-electron chi connectivity index (χ1n) is 4.95. The van der Waals surface area contributed by atoms with Crippen LogP contribution in [0.5, 0.6) is 5.75 Å². The summed E-state index contributed by atoms with van der Waals surface area (Å²) in [6, 6.07) is 2.44. The zero-order valence-corrected chi connectivity index (χ0v) is 10.1. The zero-order valence-electron chi connectivity index (χ0n) is 9.32. The van der Waals surface area contributed by atoms with Gasteiger partial charge in [0.05, 0.1) is 12.7 Å². The van der Waals surface area contributed by atoms with Gasteiger partial charge in [0.2, 0.25) is 0 Å². The lowest BCUT2D eigenvalue weighted by Crippen LogP contribution is -2.22. The van der Waals surface area contributed by atoms with Crippen LogP contribution < -0.4 is 9.46 Å². The van der Waals surface area contributed by atoms with Crippen molar-refractivity contribution < 1.29 is 17.5 Å². The van der Waals surface area contributed by atoms with Gasteiger partial charge in [-0.15, -0.1) is 0 Å². The number of halogens is 1. The van der Waals surface area contributed by atoms with Crippen LogP contribution in [0.1, 0.15) is 12.5 Å². The van der Waals surface area contributed by atoms with E-state index in [-0.39, 0.29) is 17.1 Å². The highest BCUT2D eigenvalue weighted by molar-refractivity contribution is 7.90. The molecule has 1 N–H and O–H groups in total. The Morgan fingerprint density at radius 3 is 2.76 bits per heavy atom. The molecule has 0 fully saturated rings. The van der Waals surface area contributed by atoms with Crippen molar-refractivity contribution in [3.8, 4) is 5.75 Å². The maximum atomic E-state index is 13.6. The maximum Gasteiger partial charge on any atom is 0.266 e. The van der Waals surface area contributed by atoms with Crippen molar-refractivity contribution in [3.63, 3.8) is 0 Å². The first kappa shape index (κ1) is 11.8. The van der Waals surface area contributed by atoms with E-state index in [9.17, 15) is 12.8 Å². The number of fused-ring (bicyclic) bond motifs is 1. The molecule has 1 aromatic rings. The Bertz CT molecular complexity index is 596. The lowest BCUT2D eigenvalue weighted by Gasteiger charge is -2.05. The average Bonchev–Trinajstić information content (AvgIpc) is 2.53. The fourth-order valence-electron chi connectivity index (χ4n) is 1.70. The van der Waals surface area contributed by atoms with E-state index in [1.807, 2.05) is 0 Å². The van der Waals surface area contributed by atoms with Gasteiger partial charge < -0.3 is 4.74 Å². The van der Waals surface area contributed by atoms with Gasteiger partial charge >= 0.3 is 0 Å². The molecule has 0 bridgehead atoms. The van der Waals surface area contributed by atoms with Crippen LogP contribution in [0.15, 0.2) is 22.0 Å². The molecule has 2 rings (SSSR count). The van der Waals surface area contributed by atoms with Crippen molar-refractivity contribution in [3.05, 3.63) is 23.5 Å². The first-order chi connectivity index (χ1) is 8.01. The second-order valence-corrected chi connectivity index (χ2v) is 5.00. The van der Waals surface area contributed by atoms with Gasteiger partial charge in [0, 0.05) is 6.54 Å². The lowest BCUT2D eigenvalue weighted by molar-refractivity contribution is 0.410. The van der Waals surface area contributed by atoms with Gasteiger partial charge in [-0.25, -0.2) is 12.8 Å². The highest BCUT2D eigenvalue weighted by Crippen LogP contribution is 2.33. The Hall–Kier alpha value is -1.63. The molecule has 1 aliphatic rings. The molecule has 0 amide bonds. The van der Waals surface area contributed by atoms with Crippen LogP contribution in [0, 0.1) is 5.82 Å². The summed E-state index contributed by atoms with van der Waals surface area (Å²) in [5, 5.41) is 0. The smallest absolute Gasteiger partial charge is 0.266 e. The topological polar surface area (TPSA) is 67.8 Å². The number of hydrogen-bond donors (Lipinski definition) is 1. The third-order valence-corrected chi connectivity index (χ3v) is 3.74. The van der Waals surface area contributed by atoms with Crippen LogP contribution in [0.4, 0.5) is 4.39 Å². The molecular formula is C10H11FN2O3S. The zero-order chi connectivity index (χ0) is 12.6. The number of methoxy groups -OCH3 is 1. The Morgan fingerprint density at radius 1 is 1.47 bits per heavy atom. The largest absolute Gasteiger partial charge is 0.496 e. The minimum atomic E-state index is -3.88. The molecule has 17 heavy (non-hydrogen) atoms. The van der Waals surface area contributed by atoms with Gasteiger partial charge in [-0.3, -0.25) is 9.71 Å². The summed E-state index contributed by atoms with van der Waals surface area (Å²) in [6.45, 7) is 2.14. The summed E-state index contributed by atoms with van der Waals surface area (Å²) in [6.07, 6.45) is 0. The van der Waals surface area contributed by atoms with Gasteiger partial charge in [-0.1, -0.05) is 0 Å². The highest BCUT2D eigenvalue weighted by Gasteiger charge is 2.36. The molecule has 0 saturated heterocycles. The van der Waals surface area contributed by atoms with Crippen LogP contribution in [0.2, 0.25) is 0 Å². The fraction of sp³-hybridized carbons (Fsp3) is 0.300. The van der Waals surface area contributed by atoms with Crippen molar-refractivity contribution in [2.75, 3.05) is 13.7 Å². The fourth-order valence-corrected chi connectivity index (χ4v) is 3.01. The van der Waals surface area contributed by atoms with Crippen molar-refractivity contribution in [2.45, 2.75) is 11.8 Å². The Balaban J connectivity index is 2.82. The summed E-state index contributed by atoms with van der Waals surface area (Å²) < 4.78 is 44.3. The third kappa shape index (κ3) is 1.76. The number of nitrogens with zero attached hydrogens (tertiary/aromatic N) is 1. The number of hydrogen-bond acceptors (Lipinski definition) is 4. The van der Waals surface area contributed by atoms with Crippen molar-refractivity contribution in [1.29, 1.82) is 0 Å². The highest BCUT2D eigenvalue weighted by atomic mass is 32.2. The molecular weight excluding hydrogens is 247 g/mol. The average molecular weight is 258 g/mol. The van der Waals surface area contributed by atoms with E-state index in [0.29, 0.717) is 6.54 Å². The number of amidine groups is 1. The number of nitrogens with one attached hydrogen (secondary N) is 1. The minimum Gasteiger partial charge on any atom is -0.496 e. The maximum absolute atomic E-state index is 13.6. The second-order valence-electron chi connectivity index (χ2n) is 3.38. The SMILES string of the molecule is CCN=C1NS(=O)(=O)c2c(F)ccc(OC)c21. The van der Waals surface area contributed by atoms with Crippen LogP contribution >= 0.6 is 0 Å². The van der Waals surface area contributed by atoms with E-state index in [1.165, 1.54) is 13.2 Å². The predicted molar refractivity (Wildman–Crippen MR) is 60.4 cm³/mol. The van der Waals surface area contributed by atoms with Gasteiger partial charge in [0.25, 0.3) is 10.0 Å². The van der Waals surface area contributed by atoms with Crippen LogP contribution in [0.3, 0.4) is 0 Å². The molecule has 0 aliphatic carbocycles. The van der Waals surface area contributed by atoms with Crippen molar-refractivity contribution in [2.24, 2.45) is 4.99 Å². The number of aliphatic imine (C=N–C) groups is 1. The van der Waals surface area contributed by atoms with Crippen LogP contribution in [-0.2, 0) is 10.0 Å². The molecule has 0 spiro atoms. The molecule has 0 atom stereocenters. The van der Waals surface area contributed by atoms with E-state index < -0.39 is 20.7 Å². The summed E-state index contributed by atoms with van der Waals surface area (Å²) in [7, 11) is -2.49. The quantitative estimate of drug-likeness (QED) is 0.856. The Morgan fingerprint density at radius 2 is 2.18 bits per heavy atom. The molecule has 0 saturated carbocycles. The van der Waals surface area contributed by atoms with E-state index in [2.05, 4.69) is 9.71 Å². The van der Waals surface area contributed by atoms with E-state index >= 15 is 0 Å². The van der Waals surface area contributed by atoms with E-state index in [4.69, 9.17) is 4.74 Å². The number of benzene rings is 1. The normalized spacial score (nSPS) is 18.9. The van der Waals surface area contributed by atoms with Gasteiger partial charge in [-0.05, 0) is 19.1 Å². The summed E-state index contributed by atoms with van der Waals surface area (Å²) in [5.41, 5.74) is 0.161. The molecule has 1 heterocycles. The number of ether oxygens (including phenoxy) is 1. The molecule has 0 unspecified atom stereocenters. The van der Waals surface area contributed by atoms with Crippen molar-refractivity contribution in [1.82, 2.24) is 4.72 Å². The first-order valence-corrected chi connectivity index (χ1v) is 6.43. The summed E-state index contributed by atoms with van der Waals surface area (Å²) >= 11 is 0. The van der Waals surface area contributed by atoms with E-state index in [0.717, 1.165) is 6.07 Å². The monoisotopic (exact) mass is 258 g/mol. The molecule has 0 aromatic heterocycles. The van der Waals surface area contributed by atoms with Gasteiger partial charge in [0.15, 0.2) is 0 Å².